The van der Waals surface area contributed by atoms with E-state index in [0.29, 0.717) is 11.6 Å². The van der Waals surface area contributed by atoms with E-state index in [0.717, 1.165) is 43.7 Å². The van der Waals surface area contributed by atoms with Gasteiger partial charge in [0.1, 0.15) is 5.01 Å². The van der Waals surface area contributed by atoms with Crippen LogP contribution in [-0.4, -0.2) is 40.6 Å². The van der Waals surface area contributed by atoms with Crippen molar-refractivity contribution in [2.45, 2.75) is 57.5 Å². The fourth-order valence-electron chi connectivity index (χ4n) is 3.34. The number of nitrogens with one attached hydrogen (secondary N) is 3. The van der Waals surface area contributed by atoms with Crippen LogP contribution in [0.15, 0.2) is 42.5 Å². The second kappa shape index (κ2) is 11.6. The van der Waals surface area contributed by atoms with Gasteiger partial charge in [-0.15, -0.1) is 10.2 Å². The van der Waals surface area contributed by atoms with Crippen LogP contribution in [0.25, 0.3) is 0 Å². The lowest BCUT2D eigenvalue weighted by Gasteiger charge is -2.25. The summed E-state index contributed by atoms with van der Waals surface area (Å²) in [5.74, 6) is -0.280. The monoisotopic (exact) mass is 427 g/mol. The van der Waals surface area contributed by atoms with Crippen LogP contribution < -0.4 is 16.0 Å². The minimum Gasteiger partial charge on any atom is -0.349 e. The number of carbonyl (C=O) groups excluding carboxylic acids is 2. The van der Waals surface area contributed by atoms with E-state index in [1.165, 1.54) is 23.0 Å². The lowest BCUT2D eigenvalue weighted by molar-refractivity contribution is -0.124. The molecular formula is C22H29N5O2S. The van der Waals surface area contributed by atoms with Crippen molar-refractivity contribution in [1.29, 1.82) is 0 Å². The molecule has 8 heteroatoms. The third-order valence-electron chi connectivity index (χ3n) is 5.02. The van der Waals surface area contributed by atoms with E-state index in [2.05, 4.69) is 38.3 Å². The molecule has 0 radical (unpaired) electrons. The first kappa shape index (κ1) is 22.1. The van der Waals surface area contributed by atoms with Gasteiger partial charge in [0, 0.05) is 12.1 Å². The van der Waals surface area contributed by atoms with E-state index < -0.39 is 0 Å². The summed E-state index contributed by atoms with van der Waals surface area (Å²) in [6.07, 6.45) is 8.55. The van der Waals surface area contributed by atoms with E-state index in [1.54, 1.807) is 6.08 Å². The SMILES string of the molecule is CCc1nnc(NC(=O)C=C[C@H](CCc2ccccc2)NC(=O)[C@@H]2CCCCN2)s1. The molecule has 160 valence electrons. The van der Waals surface area contributed by atoms with E-state index in [4.69, 9.17) is 0 Å². The zero-order chi connectivity index (χ0) is 21.2. The second-order valence-electron chi connectivity index (χ2n) is 7.34. The number of aromatic nitrogens is 2. The third-order valence-corrected chi connectivity index (χ3v) is 6.00. The standard InChI is InChI=1S/C22H29N5O2S/c1-2-20-26-27-22(30-20)25-19(28)14-13-17(12-11-16-8-4-3-5-9-16)24-21(29)18-10-6-7-15-23-18/h3-5,8-9,13-14,17-18,23H,2,6-7,10-12,15H2,1H3,(H,24,29)(H,25,27,28)/t17-,18-/m0/s1. The number of benzene rings is 1. The van der Waals surface area contributed by atoms with Crippen LogP contribution in [0.5, 0.6) is 0 Å². The predicted molar refractivity (Wildman–Crippen MR) is 119 cm³/mol. The molecule has 7 nitrogen and oxygen atoms in total. The van der Waals surface area contributed by atoms with Gasteiger partial charge in [-0.3, -0.25) is 14.9 Å². The number of carbonyl (C=O) groups is 2. The summed E-state index contributed by atoms with van der Waals surface area (Å²) in [5.41, 5.74) is 1.20. The van der Waals surface area contributed by atoms with Crippen molar-refractivity contribution in [3.8, 4) is 0 Å². The molecule has 0 bridgehead atoms. The molecule has 2 atom stereocenters. The van der Waals surface area contributed by atoms with Gasteiger partial charge in [0.25, 0.3) is 0 Å². The smallest absolute Gasteiger partial charge is 0.249 e. The number of hydrogen-bond acceptors (Lipinski definition) is 6. The quantitative estimate of drug-likeness (QED) is 0.535. The van der Waals surface area contributed by atoms with Gasteiger partial charge in [-0.2, -0.15) is 0 Å². The maximum Gasteiger partial charge on any atom is 0.249 e. The molecule has 2 aromatic rings. The average molecular weight is 428 g/mol. The third kappa shape index (κ3) is 7.03. The van der Waals surface area contributed by atoms with Crippen LogP contribution in [0, 0.1) is 0 Å². The van der Waals surface area contributed by atoms with E-state index in [-0.39, 0.29) is 23.9 Å². The normalized spacial score (nSPS) is 17.6. The summed E-state index contributed by atoms with van der Waals surface area (Å²) in [5, 5.41) is 18.4. The highest BCUT2D eigenvalue weighted by Gasteiger charge is 2.22. The highest BCUT2D eigenvalue weighted by molar-refractivity contribution is 7.15. The van der Waals surface area contributed by atoms with Crippen molar-refractivity contribution in [1.82, 2.24) is 20.8 Å². The Hall–Kier alpha value is -2.58. The van der Waals surface area contributed by atoms with Gasteiger partial charge in [-0.05, 0) is 44.2 Å². The zero-order valence-corrected chi connectivity index (χ0v) is 18.1. The van der Waals surface area contributed by atoms with Crippen molar-refractivity contribution in [3.05, 3.63) is 53.1 Å². The molecule has 2 amide bonds. The molecule has 0 spiro atoms. The molecule has 1 saturated heterocycles. The average Bonchev–Trinajstić information content (AvgIpc) is 3.24. The Morgan fingerprint density at radius 1 is 1.27 bits per heavy atom. The summed E-state index contributed by atoms with van der Waals surface area (Å²) in [4.78, 5) is 25.0. The topological polar surface area (TPSA) is 96.0 Å². The lowest BCUT2D eigenvalue weighted by atomic mass is 10.0. The van der Waals surface area contributed by atoms with Gasteiger partial charge >= 0.3 is 0 Å². The summed E-state index contributed by atoms with van der Waals surface area (Å²) in [6.45, 7) is 2.86. The highest BCUT2D eigenvalue weighted by atomic mass is 32.1. The Kier molecular flexibility index (Phi) is 8.53. The zero-order valence-electron chi connectivity index (χ0n) is 17.3. The fraction of sp³-hybridized carbons (Fsp3) is 0.455. The number of hydrogen-bond donors (Lipinski definition) is 3. The van der Waals surface area contributed by atoms with Gasteiger partial charge in [0.15, 0.2) is 0 Å². The second-order valence-corrected chi connectivity index (χ2v) is 8.41. The minimum absolute atomic E-state index is 0.00506. The van der Waals surface area contributed by atoms with Crippen LogP contribution in [0.3, 0.4) is 0 Å². The van der Waals surface area contributed by atoms with Gasteiger partial charge < -0.3 is 10.6 Å². The number of piperidine rings is 1. The Balaban J connectivity index is 1.60. The summed E-state index contributed by atoms with van der Waals surface area (Å²) in [7, 11) is 0. The van der Waals surface area contributed by atoms with Crippen LogP contribution in [-0.2, 0) is 22.4 Å². The number of amides is 2. The number of aryl methyl sites for hydroxylation is 2. The molecule has 0 aliphatic carbocycles. The summed E-state index contributed by atoms with van der Waals surface area (Å²) >= 11 is 1.37. The predicted octanol–water partition coefficient (Wildman–Crippen LogP) is 2.85. The van der Waals surface area contributed by atoms with E-state index in [9.17, 15) is 9.59 Å². The van der Waals surface area contributed by atoms with Gasteiger partial charge in [-0.1, -0.05) is 61.1 Å². The minimum atomic E-state index is -0.274. The molecule has 1 fully saturated rings. The Bertz CT molecular complexity index is 846. The molecule has 0 saturated carbocycles. The molecular weight excluding hydrogens is 398 g/mol. The van der Waals surface area contributed by atoms with E-state index in [1.807, 2.05) is 25.1 Å². The first-order valence-electron chi connectivity index (χ1n) is 10.5. The number of nitrogens with zero attached hydrogens (tertiary/aromatic N) is 2. The Morgan fingerprint density at radius 3 is 2.80 bits per heavy atom. The van der Waals surface area contributed by atoms with Crippen LogP contribution in [0.1, 0.15) is 43.2 Å². The lowest BCUT2D eigenvalue weighted by Crippen LogP contribution is -2.49. The van der Waals surface area contributed by atoms with Crippen LogP contribution in [0.2, 0.25) is 0 Å². The van der Waals surface area contributed by atoms with Crippen molar-refractivity contribution >= 4 is 28.3 Å². The van der Waals surface area contributed by atoms with Crippen LogP contribution >= 0.6 is 11.3 Å². The number of rotatable bonds is 9. The van der Waals surface area contributed by atoms with Gasteiger partial charge in [0.05, 0.1) is 6.04 Å². The van der Waals surface area contributed by atoms with Gasteiger partial charge in [-0.25, -0.2) is 0 Å². The molecule has 30 heavy (non-hydrogen) atoms. The van der Waals surface area contributed by atoms with Crippen molar-refractivity contribution in [2.75, 3.05) is 11.9 Å². The number of anilines is 1. The Labute approximate surface area is 181 Å². The molecule has 3 N–H and O–H groups in total. The Morgan fingerprint density at radius 2 is 2.10 bits per heavy atom. The maximum absolute atomic E-state index is 12.7. The molecule has 1 aliphatic heterocycles. The summed E-state index contributed by atoms with van der Waals surface area (Å²) < 4.78 is 0. The summed E-state index contributed by atoms with van der Waals surface area (Å²) in [6, 6.07) is 9.74. The molecule has 1 aliphatic rings. The largest absolute Gasteiger partial charge is 0.349 e. The van der Waals surface area contributed by atoms with Crippen molar-refractivity contribution in [2.24, 2.45) is 0 Å². The van der Waals surface area contributed by atoms with Gasteiger partial charge in [0.2, 0.25) is 16.9 Å². The molecule has 1 aromatic heterocycles. The maximum atomic E-state index is 12.7. The molecule has 2 heterocycles. The highest BCUT2D eigenvalue weighted by Crippen LogP contribution is 2.15. The van der Waals surface area contributed by atoms with E-state index >= 15 is 0 Å². The van der Waals surface area contributed by atoms with Crippen LogP contribution in [0.4, 0.5) is 5.13 Å². The molecule has 1 aromatic carbocycles. The van der Waals surface area contributed by atoms with Crippen molar-refractivity contribution in [3.63, 3.8) is 0 Å². The molecule has 0 unspecified atom stereocenters. The molecule has 3 rings (SSSR count). The first-order valence-corrected chi connectivity index (χ1v) is 11.3. The first-order chi connectivity index (χ1) is 14.6. The van der Waals surface area contributed by atoms with Crippen molar-refractivity contribution < 1.29 is 9.59 Å². The fourth-order valence-corrected chi connectivity index (χ4v) is 4.02.